The minimum absolute atomic E-state index is 0.0876. The minimum Gasteiger partial charge on any atom is -0.456 e. The average molecular weight is 489 g/mol. The molecular formula is C21H21BrN4O3S. The van der Waals surface area contributed by atoms with E-state index in [0.717, 1.165) is 34.0 Å². The number of rotatable bonds is 5. The number of hydrogen-bond donors (Lipinski definition) is 2. The van der Waals surface area contributed by atoms with Gasteiger partial charge in [-0.1, -0.05) is 22.4 Å². The number of halogens is 1. The van der Waals surface area contributed by atoms with Crippen LogP contribution in [0.1, 0.15) is 45.9 Å². The fourth-order valence-electron chi connectivity index (χ4n) is 3.52. The molecule has 9 heteroatoms. The molecule has 0 saturated carbocycles. The summed E-state index contributed by atoms with van der Waals surface area (Å²) in [6.45, 7) is -0.324. The molecule has 0 radical (unpaired) electrons. The Morgan fingerprint density at radius 1 is 1.13 bits per heavy atom. The van der Waals surface area contributed by atoms with Crippen molar-refractivity contribution < 1.29 is 14.3 Å². The molecule has 2 heterocycles. The van der Waals surface area contributed by atoms with E-state index in [4.69, 9.17) is 10.5 Å². The van der Waals surface area contributed by atoms with E-state index in [0.29, 0.717) is 17.2 Å². The Kier molecular flexibility index (Phi) is 6.29. The summed E-state index contributed by atoms with van der Waals surface area (Å²) in [6, 6.07) is 6.85. The number of amides is 1. The molecule has 156 valence electrons. The van der Waals surface area contributed by atoms with Crippen LogP contribution in [0.2, 0.25) is 0 Å². The van der Waals surface area contributed by atoms with E-state index in [9.17, 15) is 9.59 Å². The molecule has 0 unspecified atom stereocenters. The summed E-state index contributed by atoms with van der Waals surface area (Å²) in [4.78, 5) is 35.2. The third kappa shape index (κ3) is 4.62. The number of esters is 1. The van der Waals surface area contributed by atoms with Crippen LogP contribution in [0.4, 0.5) is 5.82 Å². The molecule has 0 aliphatic heterocycles. The van der Waals surface area contributed by atoms with E-state index >= 15 is 0 Å². The van der Waals surface area contributed by atoms with Crippen LogP contribution < -0.4 is 11.1 Å². The van der Waals surface area contributed by atoms with Crippen LogP contribution in [0.25, 0.3) is 10.2 Å². The Bertz CT molecular complexity index is 1100. The zero-order valence-corrected chi connectivity index (χ0v) is 18.6. The number of nitrogens with two attached hydrogens (primary N) is 1. The molecule has 2 aromatic heterocycles. The molecule has 0 saturated heterocycles. The van der Waals surface area contributed by atoms with Crippen LogP contribution in [-0.4, -0.2) is 28.4 Å². The predicted octanol–water partition coefficient (Wildman–Crippen LogP) is 3.78. The van der Waals surface area contributed by atoms with E-state index in [1.54, 1.807) is 35.6 Å². The first-order valence-corrected chi connectivity index (χ1v) is 11.4. The number of carbonyl (C=O) groups is 2. The van der Waals surface area contributed by atoms with Gasteiger partial charge in [0.2, 0.25) is 0 Å². The molecule has 1 aromatic carbocycles. The molecule has 7 nitrogen and oxygen atoms in total. The van der Waals surface area contributed by atoms with Crippen molar-refractivity contribution in [2.24, 2.45) is 0 Å². The molecule has 1 aliphatic rings. The van der Waals surface area contributed by atoms with E-state index in [1.807, 2.05) is 0 Å². The van der Waals surface area contributed by atoms with Crippen molar-refractivity contribution in [2.75, 3.05) is 12.3 Å². The molecule has 0 bridgehead atoms. The predicted molar refractivity (Wildman–Crippen MR) is 119 cm³/mol. The normalized spacial score (nSPS) is 13.5. The summed E-state index contributed by atoms with van der Waals surface area (Å²) >= 11 is 4.97. The lowest BCUT2D eigenvalue weighted by atomic mass is 10.1. The lowest BCUT2D eigenvalue weighted by Crippen LogP contribution is -2.30. The second kappa shape index (κ2) is 9.09. The molecule has 3 aromatic rings. The van der Waals surface area contributed by atoms with Crippen molar-refractivity contribution in [3.05, 3.63) is 50.6 Å². The molecule has 0 atom stereocenters. The first-order chi connectivity index (χ1) is 14.5. The second-order valence-corrected chi connectivity index (χ2v) is 9.12. The topological polar surface area (TPSA) is 107 Å². The number of hydrogen-bond acceptors (Lipinski definition) is 7. The maximum atomic E-state index is 12.1. The van der Waals surface area contributed by atoms with Crippen LogP contribution in [0.5, 0.6) is 0 Å². The van der Waals surface area contributed by atoms with Gasteiger partial charge in [0.15, 0.2) is 12.4 Å². The number of nitrogens with one attached hydrogen (secondary N) is 1. The maximum absolute atomic E-state index is 12.1. The van der Waals surface area contributed by atoms with E-state index in [1.165, 1.54) is 23.3 Å². The Balaban J connectivity index is 1.37. The second-order valence-electron chi connectivity index (χ2n) is 7.12. The van der Waals surface area contributed by atoms with Crippen LogP contribution in [0.3, 0.4) is 0 Å². The highest BCUT2D eigenvalue weighted by atomic mass is 79.9. The molecular weight excluding hydrogens is 468 g/mol. The minimum atomic E-state index is -0.565. The summed E-state index contributed by atoms with van der Waals surface area (Å²) in [5.41, 5.74) is 7.96. The van der Waals surface area contributed by atoms with Crippen molar-refractivity contribution >= 4 is 55.2 Å². The number of benzene rings is 1. The maximum Gasteiger partial charge on any atom is 0.325 e. The van der Waals surface area contributed by atoms with Gasteiger partial charge in [0.25, 0.3) is 5.91 Å². The third-order valence-corrected chi connectivity index (χ3v) is 6.72. The van der Waals surface area contributed by atoms with Crippen LogP contribution in [-0.2, 0) is 29.0 Å². The van der Waals surface area contributed by atoms with Crippen molar-refractivity contribution in [1.29, 1.82) is 0 Å². The number of thiophene rings is 1. The highest BCUT2D eigenvalue weighted by Gasteiger charge is 2.19. The molecule has 1 aliphatic carbocycles. The SMILES string of the molecule is Nc1nc(COC(=O)CNC(=O)c2ccc(Br)cc2)nc2sc3c(c12)CCCCC3. The van der Waals surface area contributed by atoms with Crippen molar-refractivity contribution in [2.45, 2.75) is 38.7 Å². The quantitative estimate of drug-likeness (QED) is 0.417. The summed E-state index contributed by atoms with van der Waals surface area (Å²) < 4.78 is 6.09. The van der Waals surface area contributed by atoms with Gasteiger partial charge in [-0.2, -0.15) is 0 Å². The van der Waals surface area contributed by atoms with Crippen molar-refractivity contribution in [3.8, 4) is 0 Å². The number of nitrogen functional groups attached to an aromatic ring is 1. The summed E-state index contributed by atoms with van der Waals surface area (Å²) in [5.74, 6) is -0.107. The van der Waals surface area contributed by atoms with Crippen LogP contribution >= 0.6 is 27.3 Å². The lowest BCUT2D eigenvalue weighted by Gasteiger charge is -2.07. The number of aryl methyl sites for hydroxylation is 2. The van der Waals surface area contributed by atoms with Gasteiger partial charge in [0.05, 0.1) is 5.39 Å². The van der Waals surface area contributed by atoms with E-state index < -0.39 is 5.97 Å². The zero-order chi connectivity index (χ0) is 21.1. The summed E-state index contributed by atoms with van der Waals surface area (Å²) in [7, 11) is 0. The molecule has 1 amide bonds. The number of aromatic nitrogens is 2. The fourth-order valence-corrected chi connectivity index (χ4v) is 5.08. The Labute approximate surface area is 186 Å². The number of ether oxygens (including phenoxy) is 1. The largest absolute Gasteiger partial charge is 0.456 e. The number of nitrogens with zero attached hydrogens (tertiary/aromatic N) is 2. The van der Waals surface area contributed by atoms with Crippen LogP contribution in [0.15, 0.2) is 28.7 Å². The lowest BCUT2D eigenvalue weighted by molar-refractivity contribution is -0.143. The van der Waals surface area contributed by atoms with Gasteiger partial charge < -0.3 is 15.8 Å². The summed E-state index contributed by atoms with van der Waals surface area (Å²) in [6.07, 6.45) is 5.64. The monoisotopic (exact) mass is 488 g/mol. The molecule has 0 spiro atoms. The highest BCUT2D eigenvalue weighted by molar-refractivity contribution is 9.10. The van der Waals surface area contributed by atoms with Gasteiger partial charge in [-0.3, -0.25) is 9.59 Å². The number of carbonyl (C=O) groups excluding carboxylic acids is 2. The van der Waals surface area contributed by atoms with Crippen molar-refractivity contribution in [1.82, 2.24) is 15.3 Å². The smallest absolute Gasteiger partial charge is 0.325 e. The van der Waals surface area contributed by atoms with E-state index in [2.05, 4.69) is 31.2 Å². The standard InChI is InChI=1S/C21H21BrN4O3S/c22-13-8-6-12(7-9-13)20(28)24-10-17(27)29-11-16-25-19(23)18-14-4-2-1-3-5-15(14)30-21(18)26-16/h6-9H,1-5,10-11H2,(H,24,28)(H2,23,25,26). The highest BCUT2D eigenvalue weighted by Crippen LogP contribution is 2.37. The third-order valence-electron chi connectivity index (χ3n) is 5.00. The van der Waals surface area contributed by atoms with Gasteiger partial charge in [-0.05, 0) is 55.5 Å². The molecule has 3 N–H and O–H groups in total. The van der Waals surface area contributed by atoms with Gasteiger partial charge in [0.1, 0.15) is 17.2 Å². The molecule has 4 rings (SSSR count). The Morgan fingerprint density at radius 3 is 2.70 bits per heavy atom. The Hall–Kier alpha value is -2.52. The van der Waals surface area contributed by atoms with Gasteiger partial charge in [0, 0.05) is 14.9 Å². The Morgan fingerprint density at radius 2 is 1.90 bits per heavy atom. The number of anilines is 1. The number of fused-ring (bicyclic) bond motifs is 3. The molecule has 30 heavy (non-hydrogen) atoms. The molecule has 0 fully saturated rings. The van der Waals surface area contributed by atoms with Gasteiger partial charge in [-0.25, -0.2) is 9.97 Å². The van der Waals surface area contributed by atoms with Gasteiger partial charge >= 0.3 is 5.97 Å². The zero-order valence-electron chi connectivity index (χ0n) is 16.2. The first-order valence-electron chi connectivity index (χ1n) is 9.77. The van der Waals surface area contributed by atoms with E-state index in [-0.39, 0.29) is 19.1 Å². The summed E-state index contributed by atoms with van der Waals surface area (Å²) in [5, 5.41) is 3.49. The van der Waals surface area contributed by atoms with Gasteiger partial charge in [-0.15, -0.1) is 11.3 Å². The fraction of sp³-hybridized carbons (Fsp3) is 0.333. The average Bonchev–Trinajstić information content (AvgIpc) is 2.93. The first kappa shape index (κ1) is 20.7. The van der Waals surface area contributed by atoms with Crippen molar-refractivity contribution in [3.63, 3.8) is 0 Å². The van der Waals surface area contributed by atoms with Crippen LogP contribution in [0, 0.1) is 0 Å².